The lowest BCUT2D eigenvalue weighted by Gasteiger charge is -2.12. The molecule has 1 unspecified atom stereocenters. The second-order valence-corrected chi connectivity index (χ2v) is 3.61. The topological polar surface area (TPSA) is 101 Å². The van der Waals surface area contributed by atoms with Gasteiger partial charge in [0.15, 0.2) is 0 Å². The molecule has 0 saturated heterocycles. The third-order valence-corrected chi connectivity index (χ3v) is 2.53. The van der Waals surface area contributed by atoms with E-state index in [0.29, 0.717) is 0 Å². The van der Waals surface area contributed by atoms with E-state index in [1.165, 1.54) is 6.92 Å². The normalized spacial score (nSPS) is 12.2. The van der Waals surface area contributed by atoms with Crippen molar-refractivity contribution in [2.45, 2.75) is 12.8 Å². The summed E-state index contributed by atoms with van der Waals surface area (Å²) in [4.78, 5) is 21.7. The molecule has 4 N–H and O–H groups in total. The summed E-state index contributed by atoms with van der Waals surface area (Å²) < 4.78 is 13.5. The van der Waals surface area contributed by atoms with Crippen LogP contribution in [0.4, 0.5) is 4.39 Å². The van der Waals surface area contributed by atoms with E-state index >= 15 is 0 Å². The largest absolute Gasteiger partial charge is 0.481 e. The van der Waals surface area contributed by atoms with Crippen LogP contribution >= 0.6 is 0 Å². The van der Waals surface area contributed by atoms with Crippen molar-refractivity contribution in [3.05, 3.63) is 34.6 Å². The summed E-state index contributed by atoms with van der Waals surface area (Å²) in [5.74, 6) is -4.38. The molecule has 0 spiro atoms. The minimum Gasteiger partial charge on any atom is -0.481 e. The Hall–Kier alpha value is -1.95. The van der Waals surface area contributed by atoms with Gasteiger partial charge in [-0.15, -0.1) is 0 Å². The highest BCUT2D eigenvalue weighted by atomic mass is 19.1. The van der Waals surface area contributed by atoms with Crippen molar-refractivity contribution in [3.8, 4) is 0 Å². The number of hydrogen-bond donors (Lipinski definition) is 3. The van der Waals surface area contributed by atoms with Crippen molar-refractivity contribution >= 4 is 11.9 Å². The fourth-order valence-electron chi connectivity index (χ4n) is 1.50. The molecule has 0 aromatic heterocycles. The number of halogens is 1. The zero-order valence-corrected chi connectivity index (χ0v) is 9.11. The van der Waals surface area contributed by atoms with Crippen molar-refractivity contribution in [1.82, 2.24) is 0 Å². The van der Waals surface area contributed by atoms with Gasteiger partial charge in [-0.05, 0) is 30.2 Å². The Morgan fingerprint density at radius 3 is 2.41 bits per heavy atom. The molecule has 1 aromatic carbocycles. The number of benzene rings is 1. The highest BCUT2D eigenvalue weighted by molar-refractivity contribution is 5.90. The fraction of sp³-hybridized carbons (Fsp3) is 0.273. The van der Waals surface area contributed by atoms with Gasteiger partial charge in [0.1, 0.15) is 5.82 Å². The van der Waals surface area contributed by atoms with Crippen LogP contribution in [0.25, 0.3) is 0 Å². The molecular formula is C11H12FNO4. The monoisotopic (exact) mass is 241 g/mol. The van der Waals surface area contributed by atoms with E-state index in [1.807, 2.05) is 0 Å². The van der Waals surface area contributed by atoms with Crippen LogP contribution in [0.1, 0.15) is 27.4 Å². The Morgan fingerprint density at radius 1 is 1.41 bits per heavy atom. The zero-order valence-electron chi connectivity index (χ0n) is 9.11. The van der Waals surface area contributed by atoms with Crippen molar-refractivity contribution in [2.24, 2.45) is 5.73 Å². The maximum absolute atomic E-state index is 13.5. The summed E-state index contributed by atoms with van der Waals surface area (Å²) >= 11 is 0. The van der Waals surface area contributed by atoms with Gasteiger partial charge < -0.3 is 15.9 Å². The molecule has 5 nitrogen and oxygen atoms in total. The van der Waals surface area contributed by atoms with Gasteiger partial charge in [-0.3, -0.25) is 4.79 Å². The summed E-state index contributed by atoms with van der Waals surface area (Å²) in [5.41, 5.74) is 5.05. The SMILES string of the molecule is Cc1c(F)cc(C(CN)C(=O)O)cc1C(=O)O. The number of aromatic carboxylic acids is 1. The maximum atomic E-state index is 13.5. The zero-order chi connectivity index (χ0) is 13.2. The summed E-state index contributed by atoms with van der Waals surface area (Å²) in [7, 11) is 0. The van der Waals surface area contributed by atoms with Crippen LogP contribution in [-0.2, 0) is 4.79 Å². The van der Waals surface area contributed by atoms with Crippen LogP contribution in [0.5, 0.6) is 0 Å². The number of nitrogens with two attached hydrogens (primary N) is 1. The standard InChI is InChI=1S/C11H12FNO4/c1-5-7(10(14)15)2-6(3-9(5)12)8(4-13)11(16)17/h2-3,8H,4,13H2,1H3,(H,14,15)(H,16,17). The molecule has 6 heteroatoms. The van der Waals surface area contributed by atoms with Crippen molar-refractivity contribution in [1.29, 1.82) is 0 Å². The lowest BCUT2D eigenvalue weighted by Crippen LogP contribution is -2.22. The predicted octanol–water partition coefficient (Wildman–Crippen LogP) is 0.959. The van der Waals surface area contributed by atoms with Gasteiger partial charge in [-0.1, -0.05) is 0 Å². The molecule has 1 rings (SSSR count). The minimum absolute atomic E-state index is 0.0255. The number of aliphatic carboxylic acids is 1. The van der Waals surface area contributed by atoms with E-state index in [0.717, 1.165) is 12.1 Å². The molecule has 0 aliphatic carbocycles. The minimum atomic E-state index is -1.30. The van der Waals surface area contributed by atoms with Gasteiger partial charge in [-0.2, -0.15) is 0 Å². The molecule has 0 aliphatic heterocycles. The Kier molecular flexibility index (Phi) is 3.80. The summed E-state index contributed by atoms with van der Waals surface area (Å²) in [6, 6.07) is 2.15. The molecule has 0 radical (unpaired) electrons. The average molecular weight is 241 g/mol. The molecule has 1 aromatic rings. The second-order valence-electron chi connectivity index (χ2n) is 3.61. The third kappa shape index (κ3) is 2.59. The van der Waals surface area contributed by atoms with Gasteiger partial charge in [0.2, 0.25) is 0 Å². The van der Waals surface area contributed by atoms with Crippen LogP contribution in [0.2, 0.25) is 0 Å². The average Bonchev–Trinajstić information content (AvgIpc) is 2.22. The summed E-state index contributed by atoms with van der Waals surface area (Å²) in [6.07, 6.45) is 0. The first-order valence-electron chi connectivity index (χ1n) is 4.84. The van der Waals surface area contributed by atoms with E-state index in [2.05, 4.69) is 0 Å². The van der Waals surface area contributed by atoms with Gasteiger partial charge in [0.25, 0.3) is 0 Å². The molecule has 1 atom stereocenters. The Morgan fingerprint density at radius 2 is 2.00 bits per heavy atom. The second kappa shape index (κ2) is 4.92. The van der Waals surface area contributed by atoms with Crippen molar-refractivity contribution < 1.29 is 24.2 Å². The lowest BCUT2D eigenvalue weighted by molar-refractivity contribution is -0.138. The van der Waals surface area contributed by atoms with Crippen LogP contribution in [0.15, 0.2) is 12.1 Å². The first kappa shape index (κ1) is 13.1. The molecule has 0 saturated carbocycles. The maximum Gasteiger partial charge on any atom is 0.336 e. The van der Waals surface area contributed by atoms with Crippen molar-refractivity contribution in [3.63, 3.8) is 0 Å². The van der Waals surface area contributed by atoms with E-state index in [9.17, 15) is 14.0 Å². The number of carboxylic acids is 2. The smallest absolute Gasteiger partial charge is 0.336 e. The Bertz CT molecular complexity index is 473. The highest BCUT2D eigenvalue weighted by Crippen LogP contribution is 2.22. The quantitative estimate of drug-likeness (QED) is 0.728. The van der Waals surface area contributed by atoms with Crippen LogP contribution in [-0.4, -0.2) is 28.7 Å². The van der Waals surface area contributed by atoms with E-state index in [1.54, 1.807) is 0 Å². The summed E-state index contributed by atoms with van der Waals surface area (Å²) in [5, 5.41) is 17.7. The Balaban J connectivity index is 3.36. The lowest BCUT2D eigenvalue weighted by atomic mass is 9.95. The van der Waals surface area contributed by atoms with Crippen molar-refractivity contribution in [2.75, 3.05) is 6.54 Å². The van der Waals surface area contributed by atoms with Gasteiger partial charge in [0.05, 0.1) is 11.5 Å². The first-order chi connectivity index (χ1) is 7.88. The molecule has 0 fully saturated rings. The van der Waals surface area contributed by atoms with Gasteiger partial charge in [0, 0.05) is 6.54 Å². The molecule has 0 aliphatic rings. The van der Waals surface area contributed by atoms with E-state index in [4.69, 9.17) is 15.9 Å². The molecule has 0 heterocycles. The first-order valence-corrected chi connectivity index (χ1v) is 4.84. The number of rotatable bonds is 4. The van der Waals surface area contributed by atoms with E-state index in [-0.39, 0.29) is 23.2 Å². The highest BCUT2D eigenvalue weighted by Gasteiger charge is 2.22. The van der Waals surface area contributed by atoms with E-state index < -0.39 is 23.7 Å². The molecule has 0 amide bonds. The predicted molar refractivity (Wildman–Crippen MR) is 57.5 cm³/mol. The molecule has 0 bridgehead atoms. The molecule has 17 heavy (non-hydrogen) atoms. The van der Waals surface area contributed by atoms with Crippen LogP contribution in [0, 0.1) is 12.7 Å². The van der Waals surface area contributed by atoms with Crippen LogP contribution < -0.4 is 5.73 Å². The number of carboxylic acid groups (broad SMARTS) is 2. The fourth-order valence-corrected chi connectivity index (χ4v) is 1.50. The number of carbonyl (C=O) groups is 2. The molecule has 92 valence electrons. The molecular weight excluding hydrogens is 229 g/mol. The summed E-state index contributed by atoms with van der Waals surface area (Å²) in [6.45, 7) is 1.09. The van der Waals surface area contributed by atoms with Gasteiger partial charge >= 0.3 is 11.9 Å². The third-order valence-electron chi connectivity index (χ3n) is 2.53. The van der Waals surface area contributed by atoms with Crippen LogP contribution in [0.3, 0.4) is 0 Å². The van der Waals surface area contributed by atoms with Gasteiger partial charge in [-0.25, -0.2) is 9.18 Å². The number of hydrogen-bond acceptors (Lipinski definition) is 3. The Labute approximate surface area is 96.7 Å².